The predicted octanol–water partition coefficient (Wildman–Crippen LogP) is 0.501. The molecule has 2 N–H and O–H groups in total. The fourth-order valence-corrected chi connectivity index (χ4v) is 2.76. The van der Waals surface area contributed by atoms with Gasteiger partial charge in [-0.1, -0.05) is 0 Å². The topological polar surface area (TPSA) is 61.4 Å². The first-order valence-electron chi connectivity index (χ1n) is 7.15. The molecule has 2 rings (SSSR count). The Balaban J connectivity index is 1.72. The highest BCUT2D eigenvalue weighted by molar-refractivity contribution is 5.88. The third kappa shape index (κ3) is 4.40. The van der Waals surface area contributed by atoms with Crippen molar-refractivity contribution >= 4 is 11.8 Å². The Morgan fingerprint density at radius 1 is 1.35 bits per heavy atom. The van der Waals surface area contributed by atoms with Gasteiger partial charge in [0.05, 0.1) is 6.54 Å². The van der Waals surface area contributed by atoms with Crippen molar-refractivity contribution in [2.45, 2.75) is 50.6 Å². The molecule has 0 saturated carbocycles. The molecule has 0 aromatic heterocycles. The lowest BCUT2D eigenvalue weighted by molar-refractivity contribution is -0.131. The number of piperidine rings is 2. The van der Waals surface area contributed by atoms with Crippen molar-refractivity contribution in [1.29, 1.82) is 0 Å². The smallest absolute Gasteiger partial charge is 0.251 e. The third-order valence-corrected chi connectivity index (χ3v) is 3.88. The van der Waals surface area contributed by atoms with Gasteiger partial charge in [-0.3, -0.25) is 14.5 Å². The molecule has 2 fully saturated rings. The van der Waals surface area contributed by atoms with E-state index in [4.69, 9.17) is 0 Å². The van der Waals surface area contributed by atoms with Crippen molar-refractivity contribution in [3.63, 3.8) is 0 Å². The van der Waals surface area contributed by atoms with Crippen LogP contribution in [0.15, 0.2) is 0 Å². The van der Waals surface area contributed by atoms with E-state index in [2.05, 4.69) is 10.6 Å². The average Bonchev–Trinajstić information content (AvgIpc) is 2.40. The lowest BCUT2D eigenvalue weighted by Gasteiger charge is -2.33. The van der Waals surface area contributed by atoms with Crippen LogP contribution in [0.25, 0.3) is 0 Å². The van der Waals surface area contributed by atoms with Crippen LogP contribution < -0.4 is 10.6 Å². The molecule has 1 atom stereocenters. The minimum atomic E-state index is -2.31. The van der Waals surface area contributed by atoms with E-state index in [-0.39, 0.29) is 24.4 Å². The Bertz CT molecular complexity index is 358. The van der Waals surface area contributed by atoms with E-state index in [1.165, 1.54) is 0 Å². The Labute approximate surface area is 117 Å². The number of hydrogen-bond donors (Lipinski definition) is 2. The third-order valence-electron chi connectivity index (χ3n) is 3.88. The highest BCUT2D eigenvalue weighted by Crippen LogP contribution is 2.13. The number of nitrogens with zero attached hydrogens (tertiary/aromatic N) is 1. The van der Waals surface area contributed by atoms with Crippen molar-refractivity contribution in [3.05, 3.63) is 0 Å². The van der Waals surface area contributed by atoms with Crippen LogP contribution in [0, 0.1) is 0 Å². The number of carbonyl (C=O) groups excluding carboxylic acids is 2. The summed E-state index contributed by atoms with van der Waals surface area (Å²) in [5, 5.41) is 5.60. The van der Waals surface area contributed by atoms with Gasteiger partial charge in [0.2, 0.25) is 11.8 Å². The molecule has 0 aliphatic carbocycles. The molecule has 2 saturated heterocycles. The molecule has 2 aliphatic rings. The van der Waals surface area contributed by atoms with Gasteiger partial charge in [0, 0.05) is 25.6 Å². The first kappa shape index (κ1) is 15.2. The summed E-state index contributed by atoms with van der Waals surface area (Å²) in [5.74, 6) is -0.228. The first-order valence-corrected chi connectivity index (χ1v) is 7.15. The maximum atomic E-state index is 12.3. The highest BCUT2D eigenvalue weighted by atomic mass is 19.3. The number of rotatable bonds is 4. The molecule has 2 heterocycles. The van der Waals surface area contributed by atoms with Crippen molar-refractivity contribution in [3.8, 4) is 0 Å². The summed E-state index contributed by atoms with van der Waals surface area (Å²) in [6, 6.07) is -0.411. The standard InChI is InChI=1S/C13H21F2N3O2/c14-11(15)8-18-6-4-9(5-7-18)16-13(20)10-2-1-3-12(19)17-10/h9-11H,1-8H2,(H,16,20)(H,17,19)/t10-/m1/s1. The molecule has 2 amide bonds. The van der Waals surface area contributed by atoms with Crippen LogP contribution in [-0.2, 0) is 9.59 Å². The second kappa shape index (κ2) is 6.97. The number of amides is 2. The fraction of sp³-hybridized carbons (Fsp3) is 0.846. The zero-order chi connectivity index (χ0) is 14.5. The van der Waals surface area contributed by atoms with Gasteiger partial charge >= 0.3 is 0 Å². The normalized spacial score (nSPS) is 25.6. The Hall–Kier alpha value is -1.24. The number of halogens is 2. The monoisotopic (exact) mass is 289 g/mol. The van der Waals surface area contributed by atoms with Gasteiger partial charge in [-0.15, -0.1) is 0 Å². The second-order valence-corrected chi connectivity index (χ2v) is 5.49. The SMILES string of the molecule is O=C1CCC[C@H](C(=O)NC2CCN(CC(F)F)CC2)N1. The molecule has 0 bridgehead atoms. The van der Waals surface area contributed by atoms with Gasteiger partial charge in [-0.25, -0.2) is 8.78 Å². The molecule has 0 radical (unpaired) electrons. The Morgan fingerprint density at radius 3 is 2.65 bits per heavy atom. The molecule has 2 aliphatic heterocycles. The quantitative estimate of drug-likeness (QED) is 0.792. The van der Waals surface area contributed by atoms with E-state index in [0.717, 1.165) is 6.42 Å². The Kier molecular flexibility index (Phi) is 5.28. The van der Waals surface area contributed by atoms with Crippen molar-refractivity contribution in [2.75, 3.05) is 19.6 Å². The second-order valence-electron chi connectivity index (χ2n) is 5.49. The summed E-state index contributed by atoms with van der Waals surface area (Å²) in [4.78, 5) is 25.0. The molecular weight excluding hydrogens is 268 g/mol. The predicted molar refractivity (Wildman–Crippen MR) is 69.4 cm³/mol. The highest BCUT2D eigenvalue weighted by Gasteiger charge is 2.28. The number of likely N-dealkylation sites (tertiary alicyclic amines) is 1. The van der Waals surface area contributed by atoms with E-state index in [9.17, 15) is 18.4 Å². The van der Waals surface area contributed by atoms with Gasteiger partial charge in [0.15, 0.2) is 0 Å². The molecule has 5 nitrogen and oxygen atoms in total. The van der Waals surface area contributed by atoms with Gasteiger partial charge < -0.3 is 10.6 Å². The maximum absolute atomic E-state index is 12.3. The van der Waals surface area contributed by atoms with Crippen LogP contribution in [0.1, 0.15) is 32.1 Å². The minimum Gasteiger partial charge on any atom is -0.351 e. The van der Waals surface area contributed by atoms with Crippen molar-refractivity contribution in [1.82, 2.24) is 15.5 Å². The molecule has 7 heteroatoms. The van der Waals surface area contributed by atoms with E-state index in [1.807, 2.05) is 0 Å². The average molecular weight is 289 g/mol. The number of nitrogens with one attached hydrogen (secondary N) is 2. The molecule has 0 aromatic carbocycles. The zero-order valence-electron chi connectivity index (χ0n) is 11.4. The minimum absolute atomic E-state index is 0.0234. The molecule has 0 aromatic rings. The van der Waals surface area contributed by atoms with Crippen LogP contribution >= 0.6 is 0 Å². The van der Waals surface area contributed by atoms with E-state index >= 15 is 0 Å². The first-order chi connectivity index (χ1) is 9.54. The Morgan fingerprint density at radius 2 is 2.05 bits per heavy atom. The molecule has 114 valence electrons. The molecule has 20 heavy (non-hydrogen) atoms. The molecule has 0 spiro atoms. The van der Waals surface area contributed by atoms with Crippen molar-refractivity contribution < 1.29 is 18.4 Å². The number of carbonyl (C=O) groups is 2. The van der Waals surface area contributed by atoms with E-state index in [1.54, 1.807) is 4.90 Å². The summed E-state index contributed by atoms with van der Waals surface area (Å²) in [6.07, 6.45) is 0.936. The van der Waals surface area contributed by atoms with Gasteiger partial charge in [-0.2, -0.15) is 0 Å². The fourth-order valence-electron chi connectivity index (χ4n) is 2.76. The number of alkyl halides is 2. The number of hydrogen-bond acceptors (Lipinski definition) is 3. The summed E-state index contributed by atoms with van der Waals surface area (Å²) >= 11 is 0. The van der Waals surface area contributed by atoms with Crippen LogP contribution in [0.4, 0.5) is 8.78 Å². The van der Waals surface area contributed by atoms with Crippen LogP contribution in [0.5, 0.6) is 0 Å². The lowest BCUT2D eigenvalue weighted by Crippen LogP contribution is -2.53. The van der Waals surface area contributed by atoms with E-state index < -0.39 is 12.5 Å². The van der Waals surface area contributed by atoms with Gasteiger partial charge in [-0.05, 0) is 25.7 Å². The largest absolute Gasteiger partial charge is 0.351 e. The molecule has 0 unspecified atom stereocenters. The van der Waals surface area contributed by atoms with E-state index in [0.29, 0.717) is 38.8 Å². The summed E-state index contributed by atoms with van der Waals surface area (Å²) in [7, 11) is 0. The van der Waals surface area contributed by atoms with Crippen molar-refractivity contribution in [2.24, 2.45) is 0 Å². The van der Waals surface area contributed by atoms with Crippen LogP contribution in [0.3, 0.4) is 0 Å². The lowest BCUT2D eigenvalue weighted by atomic mass is 10.0. The molecular formula is C13H21F2N3O2. The van der Waals surface area contributed by atoms with Gasteiger partial charge in [0.1, 0.15) is 6.04 Å². The maximum Gasteiger partial charge on any atom is 0.251 e. The summed E-state index contributed by atoms with van der Waals surface area (Å²) in [6.45, 7) is 0.956. The van der Waals surface area contributed by atoms with Gasteiger partial charge in [0.25, 0.3) is 6.43 Å². The van der Waals surface area contributed by atoms with Crippen LogP contribution in [-0.4, -0.2) is 54.9 Å². The summed E-state index contributed by atoms with van der Waals surface area (Å²) < 4.78 is 24.5. The zero-order valence-corrected chi connectivity index (χ0v) is 11.4. The van der Waals surface area contributed by atoms with Crippen LogP contribution in [0.2, 0.25) is 0 Å². The summed E-state index contributed by atoms with van der Waals surface area (Å²) in [5.41, 5.74) is 0.